The molecule has 2 amide bonds. The summed E-state index contributed by atoms with van der Waals surface area (Å²) in [6.07, 6.45) is 0.399. The summed E-state index contributed by atoms with van der Waals surface area (Å²) in [6.45, 7) is 5.55. The second kappa shape index (κ2) is 8.67. The van der Waals surface area contributed by atoms with Gasteiger partial charge in [-0.1, -0.05) is 28.9 Å². The van der Waals surface area contributed by atoms with Crippen LogP contribution in [-0.4, -0.2) is 18.4 Å². The van der Waals surface area contributed by atoms with E-state index in [1.54, 1.807) is 25.1 Å². The Morgan fingerprint density at radius 3 is 2.44 bits per heavy atom. The van der Waals surface area contributed by atoms with Crippen LogP contribution in [0.15, 0.2) is 40.9 Å². The summed E-state index contributed by atoms with van der Waals surface area (Å²) in [5, 5.41) is 5.59. The monoisotopic (exact) mass is 404 g/mol. The molecule has 0 heterocycles. The molecule has 6 heteroatoms. The van der Waals surface area contributed by atoms with E-state index < -0.39 is 0 Å². The molecule has 0 fully saturated rings. The molecule has 0 aromatic heterocycles. The summed E-state index contributed by atoms with van der Waals surface area (Å²) in [7, 11) is 0. The highest BCUT2D eigenvalue weighted by Crippen LogP contribution is 2.22. The van der Waals surface area contributed by atoms with Crippen LogP contribution in [0.5, 0.6) is 5.75 Å². The van der Waals surface area contributed by atoms with Crippen molar-refractivity contribution in [2.75, 3.05) is 17.2 Å². The Morgan fingerprint density at radius 1 is 1.00 bits per heavy atom. The predicted molar refractivity (Wildman–Crippen MR) is 103 cm³/mol. The highest BCUT2D eigenvalue weighted by Gasteiger charge is 2.08. The molecule has 0 radical (unpaired) electrons. The molecule has 0 unspecified atom stereocenters. The number of benzene rings is 2. The summed E-state index contributed by atoms with van der Waals surface area (Å²) in [5.74, 6) is 0.299. The van der Waals surface area contributed by atoms with Crippen molar-refractivity contribution < 1.29 is 14.3 Å². The van der Waals surface area contributed by atoms with Crippen molar-refractivity contribution in [3.05, 3.63) is 52.0 Å². The van der Waals surface area contributed by atoms with Gasteiger partial charge in [0, 0.05) is 22.3 Å². The van der Waals surface area contributed by atoms with E-state index in [1.807, 2.05) is 32.0 Å². The van der Waals surface area contributed by atoms with Crippen molar-refractivity contribution in [1.29, 1.82) is 0 Å². The second-order valence-electron chi connectivity index (χ2n) is 5.68. The lowest BCUT2D eigenvalue weighted by Crippen LogP contribution is -2.20. The van der Waals surface area contributed by atoms with Crippen molar-refractivity contribution in [3.63, 3.8) is 0 Å². The summed E-state index contributed by atoms with van der Waals surface area (Å²) in [6, 6.07) is 10.9. The van der Waals surface area contributed by atoms with E-state index >= 15 is 0 Å². The molecule has 5 nitrogen and oxygen atoms in total. The lowest BCUT2D eigenvalue weighted by molar-refractivity contribution is -0.118. The molecule has 0 saturated heterocycles. The Hall–Kier alpha value is -2.34. The number of halogens is 1. The number of nitrogens with one attached hydrogen (secondary N) is 2. The van der Waals surface area contributed by atoms with E-state index in [0.717, 1.165) is 15.6 Å². The average Bonchev–Trinajstić information content (AvgIpc) is 2.58. The number of carbonyl (C=O) groups is 2. The van der Waals surface area contributed by atoms with E-state index in [0.29, 0.717) is 23.5 Å². The Balaban J connectivity index is 1.96. The first-order valence-corrected chi connectivity index (χ1v) is 8.77. The molecule has 0 atom stereocenters. The molecule has 2 aromatic rings. The molecule has 0 spiro atoms. The van der Waals surface area contributed by atoms with Gasteiger partial charge < -0.3 is 15.4 Å². The van der Waals surface area contributed by atoms with Crippen LogP contribution < -0.4 is 15.4 Å². The number of anilines is 2. The smallest absolute Gasteiger partial charge is 0.262 e. The fraction of sp³-hybridized carbons (Fsp3) is 0.263. The summed E-state index contributed by atoms with van der Waals surface area (Å²) < 4.78 is 6.50. The van der Waals surface area contributed by atoms with Crippen LogP contribution in [0.1, 0.15) is 24.5 Å². The van der Waals surface area contributed by atoms with Crippen molar-refractivity contribution in [3.8, 4) is 5.75 Å². The normalized spacial score (nSPS) is 10.2. The number of hydrogen-bond acceptors (Lipinski definition) is 3. The van der Waals surface area contributed by atoms with Gasteiger partial charge in [0.25, 0.3) is 5.91 Å². The molecular formula is C19H21BrN2O3. The van der Waals surface area contributed by atoms with Crippen molar-refractivity contribution in [1.82, 2.24) is 0 Å². The molecule has 25 heavy (non-hydrogen) atoms. The molecule has 2 rings (SSSR count). The Labute approximate surface area is 155 Å². The first kappa shape index (κ1) is 19.0. The number of amides is 2. The standard InChI is InChI=1S/C19H21BrN2O3/c1-4-18(23)22-17-10-14(6-5-12(17)2)21-19(24)11-25-15-7-8-16(20)13(3)9-15/h5-10H,4,11H2,1-3H3,(H,21,24)(H,22,23). The lowest BCUT2D eigenvalue weighted by atomic mass is 10.1. The SMILES string of the molecule is CCC(=O)Nc1cc(NC(=O)COc2ccc(Br)c(C)c2)ccc1C. The maximum absolute atomic E-state index is 12.1. The van der Waals surface area contributed by atoms with Crippen LogP contribution in [0.25, 0.3) is 0 Å². The Bertz CT molecular complexity index is 790. The van der Waals surface area contributed by atoms with E-state index in [1.165, 1.54) is 0 Å². The number of carbonyl (C=O) groups excluding carboxylic acids is 2. The molecule has 2 N–H and O–H groups in total. The highest BCUT2D eigenvalue weighted by atomic mass is 79.9. The lowest BCUT2D eigenvalue weighted by Gasteiger charge is -2.12. The number of hydrogen-bond donors (Lipinski definition) is 2. The zero-order chi connectivity index (χ0) is 18.4. The van der Waals surface area contributed by atoms with Crippen LogP contribution >= 0.6 is 15.9 Å². The molecule has 0 aliphatic heterocycles. The molecule has 0 saturated carbocycles. The molecule has 0 aliphatic rings. The molecule has 0 bridgehead atoms. The van der Waals surface area contributed by atoms with Crippen molar-refractivity contribution >= 4 is 39.1 Å². The molecule has 2 aromatic carbocycles. The van der Waals surface area contributed by atoms with Crippen LogP contribution in [-0.2, 0) is 9.59 Å². The van der Waals surface area contributed by atoms with Gasteiger partial charge in [-0.05, 0) is 55.3 Å². The van der Waals surface area contributed by atoms with Gasteiger partial charge in [0.05, 0.1) is 0 Å². The van der Waals surface area contributed by atoms with E-state index in [2.05, 4.69) is 26.6 Å². The summed E-state index contributed by atoms with van der Waals surface area (Å²) in [4.78, 5) is 23.6. The third-order valence-corrected chi connectivity index (χ3v) is 4.51. The van der Waals surface area contributed by atoms with Crippen molar-refractivity contribution in [2.45, 2.75) is 27.2 Å². The first-order valence-electron chi connectivity index (χ1n) is 7.98. The van der Waals surface area contributed by atoms with Crippen LogP contribution in [0, 0.1) is 13.8 Å². The topological polar surface area (TPSA) is 67.4 Å². The average molecular weight is 405 g/mol. The quantitative estimate of drug-likeness (QED) is 0.747. The van der Waals surface area contributed by atoms with Gasteiger partial charge in [-0.25, -0.2) is 0 Å². The Kier molecular flexibility index (Phi) is 6.58. The number of aryl methyl sites for hydroxylation is 2. The van der Waals surface area contributed by atoms with E-state index in [9.17, 15) is 9.59 Å². The fourth-order valence-electron chi connectivity index (χ4n) is 2.13. The van der Waals surface area contributed by atoms with E-state index in [4.69, 9.17) is 4.74 Å². The van der Waals surface area contributed by atoms with Gasteiger partial charge in [-0.3, -0.25) is 9.59 Å². The third-order valence-electron chi connectivity index (χ3n) is 3.62. The minimum atomic E-state index is -0.266. The summed E-state index contributed by atoms with van der Waals surface area (Å²) >= 11 is 3.42. The second-order valence-corrected chi connectivity index (χ2v) is 6.53. The largest absolute Gasteiger partial charge is 0.484 e. The number of ether oxygens (including phenoxy) is 1. The zero-order valence-electron chi connectivity index (χ0n) is 14.5. The Morgan fingerprint density at radius 2 is 1.76 bits per heavy atom. The van der Waals surface area contributed by atoms with Crippen LogP contribution in [0.4, 0.5) is 11.4 Å². The fourth-order valence-corrected chi connectivity index (χ4v) is 2.37. The first-order chi connectivity index (χ1) is 11.9. The minimum Gasteiger partial charge on any atom is -0.484 e. The van der Waals surface area contributed by atoms with Gasteiger partial charge in [0.15, 0.2) is 6.61 Å². The predicted octanol–water partition coefficient (Wildman–Crippen LogP) is 4.43. The van der Waals surface area contributed by atoms with Crippen LogP contribution in [0.3, 0.4) is 0 Å². The summed E-state index contributed by atoms with van der Waals surface area (Å²) in [5.41, 5.74) is 3.26. The maximum atomic E-state index is 12.1. The number of rotatable bonds is 6. The molecular weight excluding hydrogens is 384 g/mol. The minimum absolute atomic E-state index is 0.0690. The zero-order valence-corrected chi connectivity index (χ0v) is 16.1. The van der Waals surface area contributed by atoms with Gasteiger partial charge in [0.2, 0.25) is 5.91 Å². The molecule has 132 valence electrons. The molecule has 0 aliphatic carbocycles. The maximum Gasteiger partial charge on any atom is 0.262 e. The van der Waals surface area contributed by atoms with Gasteiger partial charge in [-0.2, -0.15) is 0 Å². The van der Waals surface area contributed by atoms with Crippen LogP contribution in [0.2, 0.25) is 0 Å². The van der Waals surface area contributed by atoms with Gasteiger partial charge in [-0.15, -0.1) is 0 Å². The third kappa shape index (κ3) is 5.60. The highest BCUT2D eigenvalue weighted by molar-refractivity contribution is 9.10. The van der Waals surface area contributed by atoms with Gasteiger partial charge >= 0.3 is 0 Å². The van der Waals surface area contributed by atoms with E-state index in [-0.39, 0.29) is 18.4 Å². The van der Waals surface area contributed by atoms with Crippen molar-refractivity contribution in [2.24, 2.45) is 0 Å². The van der Waals surface area contributed by atoms with Gasteiger partial charge in [0.1, 0.15) is 5.75 Å².